The summed E-state index contributed by atoms with van der Waals surface area (Å²) in [4.78, 5) is 16.9. The molecule has 0 bridgehead atoms. The third-order valence-electron chi connectivity index (χ3n) is 6.28. The number of piperazine rings is 1. The summed E-state index contributed by atoms with van der Waals surface area (Å²) in [5.41, 5.74) is 1.28. The quantitative estimate of drug-likeness (QED) is 0.639. The molecule has 0 amide bonds. The Balaban J connectivity index is 1.53. The van der Waals surface area contributed by atoms with Gasteiger partial charge >= 0.3 is 0 Å². The highest BCUT2D eigenvalue weighted by molar-refractivity contribution is 7.80. The molecule has 2 saturated heterocycles. The summed E-state index contributed by atoms with van der Waals surface area (Å²) >= 11 is 5.46. The van der Waals surface area contributed by atoms with Crippen LogP contribution in [0.3, 0.4) is 0 Å². The molecule has 0 saturated carbocycles. The molecule has 0 spiro atoms. The Morgan fingerprint density at radius 3 is 2.44 bits per heavy atom. The molecule has 4 rings (SSSR count). The Labute approximate surface area is 197 Å². The van der Waals surface area contributed by atoms with Crippen LogP contribution in [0.4, 0.5) is 23.3 Å². The molecule has 2 N–H and O–H groups in total. The van der Waals surface area contributed by atoms with Crippen LogP contribution in [0.25, 0.3) is 0 Å². The van der Waals surface area contributed by atoms with Gasteiger partial charge in [0.15, 0.2) is 5.11 Å². The molecule has 1 aromatic carbocycles. The van der Waals surface area contributed by atoms with Crippen molar-refractivity contribution < 1.29 is 0 Å². The number of hydrogen-bond acceptors (Lipinski definition) is 6. The molecule has 2 aliphatic rings. The van der Waals surface area contributed by atoms with E-state index in [1.807, 2.05) is 0 Å². The fourth-order valence-electron chi connectivity index (χ4n) is 4.44. The molecule has 172 valence electrons. The van der Waals surface area contributed by atoms with Gasteiger partial charge in [-0.15, -0.1) is 0 Å². The van der Waals surface area contributed by atoms with Crippen LogP contribution in [0.1, 0.15) is 39.5 Å². The van der Waals surface area contributed by atoms with Gasteiger partial charge in [0.25, 0.3) is 0 Å². The van der Waals surface area contributed by atoms with E-state index in [9.17, 15) is 0 Å². The van der Waals surface area contributed by atoms with Crippen molar-refractivity contribution in [2.45, 2.75) is 45.6 Å². The van der Waals surface area contributed by atoms with E-state index in [0.29, 0.717) is 17.1 Å². The smallest absolute Gasteiger partial charge is 0.232 e. The fourth-order valence-corrected chi connectivity index (χ4v) is 4.64. The molecule has 32 heavy (non-hydrogen) atoms. The van der Waals surface area contributed by atoms with Crippen molar-refractivity contribution in [1.82, 2.24) is 15.3 Å². The average molecular weight is 454 g/mol. The highest BCUT2D eigenvalue weighted by Crippen LogP contribution is 2.28. The van der Waals surface area contributed by atoms with Gasteiger partial charge in [-0.3, -0.25) is 0 Å². The first kappa shape index (κ1) is 22.6. The largest absolute Gasteiger partial charge is 0.368 e. The molecule has 0 unspecified atom stereocenters. The average Bonchev–Trinajstić information content (AvgIpc) is 2.83. The molecule has 7 nitrogen and oxygen atoms in total. The van der Waals surface area contributed by atoms with Gasteiger partial charge in [0.05, 0.1) is 0 Å². The Hall–Kier alpha value is -2.61. The third kappa shape index (κ3) is 5.59. The van der Waals surface area contributed by atoms with Gasteiger partial charge in [-0.05, 0) is 57.0 Å². The van der Waals surface area contributed by atoms with E-state index in [1.54, 1.807) is 0 Å². The summed E-state index contributed by atoms with van der Waals surface area (Å²) in [6.45, 7) is 10.1. The molecule has 2 aliphatic heterocycles. The number of nitrogens with one attached hydrogen (secondary N) is 2. The summed E-state index contributed by atoms with van der Waals surface area (Å²) in [7, 11) is 0. The first-order valence-corrected chi connectivity index (χ1v) is 12.3. The van der Waals surface area contributed by atoms with E-state index >= 15 is 0 Å². The van der Waals surface area contributed by atoms with Crippen LogP contribution in [0.2, 0.25) is 0 Å². The van der Waals surface area contributed by atoms with Gasteiger partial charge in [-0.2, -0.15) is 9.97 Å². The molecule has 1 aromatic heterocycles. The predicted molar refractivity (Wildman–Crippen MR) is 138 cm³/mol. The molecule has 0 aliphatic carbocycles. The molecule has 1 atom stereocenters. The van der Waals surface area contributed by atoms with E-state index < -0.39 is 0 Å². The van der Waals surface area contributed by atoms with Crippen LogP contribution in [0.15, 0.2) is 36.4 Å². The fraction of sp³-hybridized carbons (Fsp3) is 0.542. The zero-order valence-electron chi connectivity index (χ0n) is 19.3. The standard InChI is InChI=1S/C24H35N7S/c1-3-12-25-24(32)28-23-26-21(18-22(27-23)31-13-8-7-9-19(31)2)30-16-14-29(15-17-30)20-10-5-4-6-11-20/h4-6,10-11,18-19H,3,7-9,12-17H2,1-2H3,(H2,25,26,27,28,32)/t19-/m1/s1. The van der Waals surface area contributed by atoms with E-state index in [2.05, 4.69) is 75.6 Å². The maximum atomic E-state index is 5.46. The Morgan fingerprint density at radius 1 is 1.00 bits per heavy atom. The van der Waals surface area contributed by atoms with E-state index in [1.165, 1.54) is 24.9 Å². The van der Waals surface area contributed by atoms with Crippen molar-refractivity contribution in [2.24, 2.45) is 0 Å². The van der Waals surface area contributed by atoms with Crippen molar-refractivity contribution in [3.05, 3.63) is 36.4 Å². The lowest BCUT2D eigenvalue weighted by molar-refractivity contribution is 0.481. The number of aromatic nitrogens is 2. The molecule has 3 heterocycles. The van der Waals surface area contributed by atoms with Crippen molar-refractivity contribution in [1.29, 1.82) is 0 Å². The van der Waals surface area contributed by atoms with E-state index in [-0.39, 0.29) is 0 Å². The zero-order valence-corrected chi connectivity index (χ0v) is 20.1. The van der Waals surface area contributed by atoms with Gasteiger partial charge in [0.2, 0.25) is 5.95 Å². The summed E-state index contributed by atoms with van der Waals surface area (Å²) in [6.07, 6.45) is 4.71. The number of piperidine rings is 1. The van der Waals surface area contributed by atoms with Gasteiger partial charge < -0.3 is 25.3 Å². The number of nitrogens with zero attached hydrogens (tertiary/aromatic N) is 5. The molecule has 0 radical (unpaired) electrons. The van der Waals surface area contributed by atoms with E-state index in [4.69, 9.17) is 22.2 Å². The minimum Gasteiger partial charge on any atom is -0.368 e. The molecule has 8 heteroatoms. The van der Waals surface area contributed by atoms with Crippen molar-refractivity contribution in [2.75, 3.05) is 59.3 Å². The number of para-hydroxylation sites is 1. The van der Waals surface area contributed by atoms with Crippen LogP contribution >= 0.6 is 12.2 Å². The van der Waals surface area contributed by atoms with Crippen LogP contribution in [-0.2, 0) is 0 Å². The lowest BCUT2D eigenvalue weighted by Crippen LogP contribution is -2.47. The first-order valence-electron chi connectivity index (χ1n) is 11.9. The monoisotopic (exact) mass is 453 g/mol. The summed E-state index contributed by atoms with van der Waals surface area (Å²) in [5.74, 6) is 2.55. The highest BCUT2D eigenvalue weighted by Gasteiger charge is 2.24. The van der Waals surface area contributed by atoms with Gasteiger partial charge in [-0.1, -0.05) is 25.1 Å². The Morgan fingerprint density at radius 2 is 1.72 bits per heavy atom. The van der Waals surface area contributed by atoms with Gasteiger partial charge in [0, 0.05) is 57.1 Å². The highest BCUT2D eigenvalue weighted by atomic mass is 32.1. The number of rotatable bonds is 6. The summed E-state index contributed by atoms with van der Waals surface area (Å²) in [6, 6.07) is 13.3. The van der Waals surface area contributed by atoms with Crippen molar-refractivity contribution in [3.8, 4) is 0 Å². The number of thiocarbonyl (C=S) groups is 1. The summed E-state index contributed by atoms with van der Waals surface area (Å²) < 4.78 is 0. The molecular weight excluding hydrogens is 418 g/mol. The van der Waals surface area contributed by atoms with Gasteiger partial charge in [0.1, 0.15) is 11.6 Å². The number of hydrogen-bond donors (Lipinski definition) is 2. The maximum absolute atomic E-state index is 5.46. The van der Waals surface area contributed by atoms with Crippen molar-refractivity contribution >= 4 is 40.6 Å². The second-order valence-electron chi connectivity index (χ2n) is 8.64. The van der Waals surface area contributed by atoms with E-state index in [0.717, 1.165) is 57.3 Å². The van der Waals surface area contributed by atoms with Crippen LogP contribution < -0.4 is 25.3 Å². The normalized spacial score (nSPS) is 19.1. The topological polar surface area (TPSA) is 59.6 Å². The van der Waals surface area contributed by atoms with Crippen LogP contribution in [0.5, 0.6) is 0 Å². The van der Waals surface area contributed by atoms with Crippen LogP contribution in [-0.4, -0.2) is 60.4 Å². The third-order valence-corrected chi connectivity index (χ3v) is 6.53. The lowest BCUT2D eigenvalue weighted by atomic mass is 10.0. The Kier molecular flexibility index (Phi) is 7.63. The van der Waals surface area contributed by atoms with Crippen LogP contribution in [0, 0.1) is 0 Å². The maximum Gasteiger partial charge on any atom is 0.232 e. The second kappa shape index (κ2) is 10.8. The number of anilines is 4. The molecule has 2 aromatic rings. The minimum absolute atomic E-state index is 0.486. The Bertz CT molecular complexity index is 883. The SMILES string of the molecule is CCCNC(=S)Nc1nc(N2CCN(c3ccccc3)CC2)cc(N2CCCC[C@H]2C)n1. The van der Waals surface area contributed by atoms with Gasteiger partial charge in [-0.25, -0.2) is 0 Å². The first-order chi connectivity index (χ1) is 15.6. The minimum atomic E-state index is 0.486. The predicted octanol–water partition coefficient (Wildman–Crippen LogP) is 3.88. The zero-order chi connectivity index (χ0) is 22.3. The number of benzene rings is 1. The molecular formula is C24H35N7S. The lowest BCUT2D eigenvalue weighted by Gasteiger charge is -2.38. The van der Waals surface area contributed by atoms with Crippen molar-refractivity contribution in [3.63, 3.8) is 0 Å². The molecule has 2 fully saturated rings. The second-order valence-corrected chi connectivity index (χ2v) is 9.04. The summed E-state index contributed by atoms with van der Waals surface area (Å²) in [5, 5.41) is 7.02.